The quantitative estimate of drug-likeness (QED) is 0.518. The van der Waals surface area contributed by atoms with Crippen molar-refractivity contribution in [2.24, 2.45) is 0 Å². The van der Waals surface area contributed by atoms with E-state index in [0.717, 1.165) is 10.6 Å². The van der Waals surface area contributed by atoms with Crippen molar-refractivity contribution in [1.82, 2.24) is 10.2 Å². The number of nitrogens with zero attached hydrogens (tertiary/aromatic N) is 2. The Hall–Kier alpha value is -2.36. The number of nitrogens with one attached hydrogen (secondary N) is 1. The fourth-order valence-electron chi connectivity index (χ4n) is 3.02. The molecule has 0 radical (unpaired) electrons. The van der Waals surface area contributed by atoms with E-state index in [-0.39, 0.29) is 28.2 Å². The second-order valence-corrected chi connectivity index (χ2v) is 10.2. The van der Waals surface area contributed by atoms with Crippen molar-refractivity contribution in [3.63, 3.8) is 0 Å². The van der Waals surface area contributed by atoms with Crippen LogP contribution in [0.2, 0.25) is 10.0 Å². The standard InChI is InChI=1S/C22H26Cl2FN3O4S/c1-4-11-26-22(30)15(2)27(13-16-5-7-17(25)8-6-16)21(29)14-28(33(3,31)32)18-9-10-19(23)20(24)12-18/h5-10,12,15H,4,11,13-14H2,1-3H3,(H,26,30)/t15-/m1/s1. The van der Waals surface area contributed by atoms with Crippen molar-refractivity contribution >= 4 is 50.7 Å². The number of hydrogen-bond donors (Lipinski definition) is 1. The molecule has 0 heterocycles. The number of anilines is 1. The van der Waals surface area contributed by atoms with Gasteiger partial charge in [0.15, 0.2) is 0 Å². The minimum Gasteiger partial charge on any atom is -0.354 e. The maximum atomic E-state index is 13.3. The number of benzene rings is 2. The summed E-state index contributed by atoms with van der Waals surface area (Å²) in [7, 11) is -3.88. The SMILES string of the molecule is CCCNC(=O)[C@@H](C)N(Cc1ccc(F)cc1)C(=O)CN(c1ccc(Cl)c(Cl)c1)S(C)(=O)=O. The molecule has 0 aromatic heterocycles. The van der Waals surface area contributed by atoms with Crippen molar-refractivity contribution in [2.75, 3.05) is 23.7 Å². The third-order valence-electron chi connectivity index (χ3n) is 4.85. The van der Waals surface area contributed by atoms with Gasteiger partial charge in [0.05, 0.1) is 22.0 Å². The number of sulfonamides is 1. The summed E-state index contributed by atoms with van der Waals surface area (Å²) < 4.78 is 39.2. The first-order valence-electron chi connectivity index (χ1n) is 10.2. The third-order valence-corrected chi connectivity index (χ3v) is 6.73. The fourth-order valence-corrected chi connectivity index (χ4v) is 4.15. The molecule has 7 nitrogen and oxygen atoms in total. The van der Waals surface area contributed by atoms with Crippen LogP contribution in [0, 0.1) is 5.82 Å². The van der Waals surface area contributed by atoms with Gasteiger partial charge in [-0.2, -0.15) is 0 Å². The summed E-state index contributed by atoms with van der Waals surface area (Å²) in [5, 5.41) is 3.10. The highest BCUT2D eigenvalue weighted by atomic mass is 35.5. The van der Waals surface area contributed by atoms with Crippen LogP contribution in [-0.4, -0.2) is 50.5 Å². The number of carbonyl (C=O) groups is 2. The number of rotatable bonds is 10. The maximum absolute atomic E-state index is 13.3. The molecule has 0 saturated heterocycles. The second-order valence-electron chi connectivity index (χ2n) is 7.48. The van der Waals surface area contributed by atoms with Crippen LogP contribution in [0.3, 0.4) is 0 Å². The lowest BCUT2D eigenvalue weighted by Crippen LogP contribution is -2.51. The van der Waals surface area contributed by atoms with Crippen molar-refractivity contribution in [2.45, 2.75) is 32.9 Å². The van der Waals surface area contributed by atoms with Crippen LogP contribution in [0.4, 0.5) is 10.1 Å². The zero-order valence-corrected chi connectivity index (χ0v) is 20.8. The van der Waals surface area contributed by atoms with E-state index in [1.54, 1.807) is 6.92 Å². The molecule has 2 aromatic carbocycles. The van der Waals surface area contributed by atoms with Gasteiger partial charge in [0.1, 0.15) is 18.4 Å². The lowest BCUT2D eigenvalue weighted by molar-refractivity contribution is -0.139. The first-order valence-corrected chi connectivity index (χ1v) is 12.8. The molecule has 11 heteroatoms. The van der Waals surface area contributed by atoms with Gasteiger partial charge < -0.3 is 10.2 Å². The van der Waals surface area contributed by atoms with Crippen LogP contribution >= 0.6 is 23.2 Å². The molecule has 180 valence electrons. The minimum absolute atomic E-state index is 0.0151. The van der Waals surface area contributed by atoms with E-state index in [4.69, 9.17) is 23.2 Å². The molecule has 0 fully saturated rings. The molecule has 0 aliphatic heterocycles. The molecule has 0 unspecified atom stereocenters. The lowest BCUT2D eigenvalue weighted by Gasteiger charge is -2.31. The molecule has 2 rings (SSSR count). The number of carbonyl (C=O) groups excluding carboxylic acids is 2. The zero-order chi connectivity index (χ0) is 24.8. The van der Waals surface area contributed by atoms with E-state index < -0.39 is 34.3 Å². The Bertz CT molecular complexity index is 1100. The van der Waals surface area contributed by atoms with Gasteiger partial charge in [0.25, 0.3) is 0 Å². The number of hydrogen-bond acceptors (Lipinski definition) is 4. The summed E-state index contributed by atoms with van der Waals surface area (Å²) in [5.74, 6) is -1.43. The minimum atomic E-state index is -3.88. The van der Waals surface area contributed by atoms with Crippen LogP contribution in [0.1, 0.15) is 25.8 Å². The summed E-state index contributed by atoms with van der Waals surface area (Å²) in [4.78, 5) is 27.2. The summed E-state index contributed by atoms with van der Waals surface area (Å²) in [6.07, 6.45) is 1.67. The van der Waals surface area contributed by atoms with Gasteiger partial charge in [-0.3, -0.25) is 13.9 Å². The molecule has 2 aromatic rings. The summed E-state index contributed by atoms with van der Waals surface area (Å²) in [6, 6.07) is 8.81. The van der Waals surface area contributed by atoms with E-state index in [1.807, 2.05) is 6.92 Å². The smallest absolute Gasteiger partial charge is 0.244 e. The Balaban J connectivity index is 2.38. The molecule has 33 heavy (non-hydrogen) atoms. The van der Waals surface area contributed by atoms with E-state index >= 15 is 0 Å². The lowest BCUT2D eigenvalue weighted by atomic mass is 10.1. The van der Waals surface area contributed by atoms with Crippen LogP contribution in [0.15, 0.2) is 42.5 Å². The van der Waals surface area contributed by atoms with E-state index in [9.17, 15) is 22.4 Å². The molecule has 0 aliphatic carbocycles. The van der Waals surface area contributed by atoms with Gasteiger partial charge >= 0.3 is 0 Å². The topological polar surface area (TPSA) is 86.8 Å². The fraction of sp³-hybridized carbons (Fsp3) is 0.364. The number of amides is 2. The Kier molecular flexibility index (Phi) is 9.51. The molecule has 0 aliphatic rings. The van der Waals surface area contributed by atoms with Gasteiger partial charge in [-0.1, -0.05) is 42.3 Å². The molecular formula is C22H26Cl2FN3O4S. The second kappa shape index (κ2) is 11.7. The van der Waals surface area contributed by atoms with Gasteiger partial charge in [-0.15, -0.1) is 0 Å². The molecule has 2 amide bonds. The highest BCUT2D eigenvalue weighted by Gasteiger charge is 2.30. The predicted molar refractivity (Wildman–Crippen MR) is 128 cm³/mol. The van der Waals surface area contributed by atoms with Crippen LogP contribution < -0.4 is 9.62 Å². The molecule has 0 bridgehead atoms. The Morgan fingerprint density at radius 3 is 2.27 bits per heavy atom. The summed E-state index contributed by atoms with van der Waals surface area (Å²) in [5.41, 5.74) is 0.741. The first-order chi connectivity index (χ1) is 15.4. The molecule has 0 spiro atoms. The third kappa shape index (κ3) is 7.58. The molecule has 1 N–H and O–H groups in total. The maximum Gasteiger partial charge on any atom is 0.244 e. The van der Waals surface area contributed by atoms with Gasteiger partial charge in [-0.05, 0) is 49.2 Å². The predicted octanol–water partition coefficient (Wildman–Crippen LogP) is 3.84. The molecule has 1 atom stereocenters. The summed E-state index contributed by atoms with van der Waals surface area (Å²) in [6.45, 7) is 3.30. The van der Waals surface area contributed by atoms with E-state index in [2.05, 4.69) is 5.32 Å². The van der Waals surface area contributed by atoms with E-state index in [0.29, 0.717) is 18.5 Å². The van der Waals surface area contributed by atoms with Gasteiger partial charge in [0, 0.05) is 13.1 Å². The van der Waals surface area contributed by atoms with E-state index in [1.165, 1.54) is 47.4 Å². The molecule has 0 saturated carbocycles. The van der Waals surface area contributed by atoms with Crippen LogP contribution in [-0.2, 0) is 26.2 Å². The Labute approximate surface area is 203 Å². The largest absolute Gasteiger partial charge is 0.354 e. The monoisotopic (exact) mass is 517 g/mol. The Morgan fingerprint density at radius 2 is 1.73 bits per heavy atom. The van der Waals surface area contributed by atoms with Crippen molar-refractivity contribution in [1.29, 1.82) is 0 Å². The Morgan fingerprint density at radius 1 is 1.09 bits per heavy atom. The number of halogens is 3. The van der Waals surface area contributed by atoms with Crippen LogP contribution in [0.25, 0.3) is 0 Å². The zero-order valence-electron chi connectivity index (χ0n) is 18.5. The van der Waals surface area contributed by atoms with Crippen molar-refractivity contribution in [3.05, 3.63) is 63.9 Å². The normalized spacial score (nSPS) is 12.2. The van der Waals surface area contributed by atoms with Crippen molar-refractivity contribution < 1.29 is 22.4 Å². The highest BCUT2D eigenvalue weighted by molar-refractivity contribution is 7.92. The highest BCUT2D eigenvalue weighted by Crippen LogP contribution is 2.28. The van der Waals surface area contributed by atoms with Gasteiger partial charge in [0.2, 0.25) is 21.8 Å². The van der Waals surface area contributed by atoms with Gasteiger partial charge in [-0.25, -0.2) is 12.8 Å². The molecular weight excluding hydrogens is 492 g/mol. The van der Waals surface area contributed by atoms with Crippen LogP contribution in [0.5, 0.6) is 0 Å². The first kappa shape index (κ1) is 26.9. The summed E-state index contributed by atoms with van der Waals surface area (Å²) >= 11 is 12.0. The average molecular weight is 518 g/mol. The average Bonchev–Trinajstić information content (AvgIpc) is 2.76. The van der Waals surface area contributed by atoms with Crippen molar-refractivity contribution in [3.8, 4) is 0 Å².